The molecule has 2 amide bonds. The summed E-state index contributed by atoms with van der Waals surface area (Å²) in [4.78, 5) is 33.7. The van der Waals surface area contributed by atoms with Gasteiger partial charge in [0.1, 0.15) is 11.0 Å². The summed E-state index contributed by atoms with van der Waals surface area (Å²) < 4.78 is 5.54. The van der Waals surface area contributed by atoms with E-state index in [9.17, 15) is 9.59 Å². The van der Waals surface area contributed by atoms with Gasteiger partial charge >= 0.3 is 0 Å². The molecule has 2 fully saturated rings. The largest absolute Gasteiger partial charge is 0.381 e. The number of nitrogens with zero attached hydrogens (tertiary/aromatic N) is 2. The van der Waals surface area contributed by atoms with E-state index in [0.717, 1.165) is 57.7 Å². The van der Waals surface area contributed by atoms with Crippen molar-refractivity contribution in [2.24, 2.45) is 5.92 Å². The average molecular weight is 541 g/mol. The Labute approximate surface area is 226 Å². The molecule has 2 saturated heterocycles. The molecule has 196 valence electrons. The van der Waals surface area contributed by atoms with Crippen molar-refractivity contribution in [3.05, 3.63) is 51.8 Å². The number of halogens is 1. The highest BCUT2D eigenvalue weighted by atomic mass is 35.5. The number of likely N-dealkylation sites (tertiary alicyclic amines) is 1. The Hall–Kier alpha value is -2.52. The average Bonchev–Trinajstić information content (AvgIpc) is 3.61. The third-order valence-corrected chi connectivity index (χ3v) is 8.89. The lowest BCUT2D eigenvalue weighted by atomic mass is 9.90. The molecule has 2 aliphatic heterocycles. The van der Waals surface area contributed by atoms with Crippen molar-refractivity contribution < 1.29 is 14.3 Å². The Morgan fingerprint density at radius 3 is 2.68 bits per heavy atom. The first-order valence-electron chi connectivity index (χ1n) is 13.0. The Morgan fingerprint density at radius 1 is 1.14 bits per heavy atom. The molecule has 2 aliphatic rings. The van der Waals surface area contributed by atoms with Gasteiger partial charge in [-0.2, -0.15) is 0 Å². The maximum Gasteiger partial charge on any atom is 0.246 e. The first-order valence-corrected chi connectivity index (χ1v) is 14.2. The van der Waals surface area contributed by atoms with Crippen LogP contribution in [0.3, 0.4) is 0 Å². The smallest absolute Gasteiger partial charge is 0.246 e. The molecule has 7 nitrogen and oxygen atoms in total. The van der Waals surface area contributed by atoms with Crippen molar-refractivity contribution in [1.82, 2.24) is 20.5 Å². The van der Waals surface area contributed by atoms with Crippen LogP contribution >= 0.6 is 22.9 Å². The number of aromatic nitrogens is 1. The number of ether oxygens (including phenoxy) is 1. The van der Waals surface area contributed by atoms with Crippen molar-refractivity contribution in [3.8, 4) is 11.3 Å². The molecule has 3 heterocycles. The lowest BCUT2D eigenvalue weighted by molar-refractivity contribution is -0.140. The number of carbonyl (C=O) groups is 2. The van der Waals surface area contributed by atoms with Crippen molar-refractivity contribution >= 4 is 45.5 Å². The van der Waals surface area contributed by atoms with Gasteiger partial charge in [0.05, 0.1) is 17.8 Å². The van der Waals surface area contributed by atoms with Crippen LogP contribution in [0.15, 0.2) is 41.8 Å². The topological polar surface area (TPSA) is 83.6 Å². The van der Waals surface area contributed by atoms with Crippen molar-refractivity contribution in [3.63, 3.8) is 0 Å². The highest BCUT2D eigenvalue weighted by Gasteiger charge is 2.40. The SMILES string of the molecule is CN[C@@H](C)C(=O)N[C@H](C(=O)N1CCC[C@H]1c1nc(-c2cccc3c(Cl)cccc23)cs1)C1CCOCC1. The fourth-order valence-corrected chi connectivity index (χ4v) is 6.57. The van der Waals surface area contributed by atoms with Crippen LogP contribution in [0.5, 0.6) is 0 Å². The predicted molar refractivity (Wildman–Crippen MR) is 148 cm³/mol. The van der Waals surface area contributed by atoms with Gasteiger partial charge in [0, 0.05) is 41.1 Å². The monoisotopic (exact) mass is 540 g/mol. The van der Waals surface area contributed by atoms with Gasteiger partial charge in [-0.05, 0) is 57.0 Å². The van der Waals surface area contributed by atoms with Gasteiger partial charge in [-0.25, -0.2) is 4.98 Å². The molecule has 3 aromatic rings. The summed E-state index contributed by atoms with van der Waals surface area (Å²) in [5.74, 6) is -0.114. The maximum absolute atomic E-state index is 14.0. The van der Waals surface area contributed by atoms with Gasteiger partial charge in [0.25, 0.3) is 0 Å². The van der Waals surface area contributed by atoms with Gasteiger partial charge in [0.15, 0.2) is 0 Å². The fraction of sp³-hybridized carbons (Fsp3) is 0.464. The first-order chi connectivity index (χ1) is 18.0. The molecule has 0 radical (unpaired) electrons. The van der Waals surface area contributed by atoms with Gasteiger partial charge in [0.2, 0.25) is 11.8 Å². The first kappa shape index (κ1) is 26.1. The Morgan fingerprint density at radius 2 is 1.89 bits per heavy atom. The minimum absolute atomic E-state index is 0.0141. The molecule has 0 unspecified atom stereocenters. The minimum Gasteiger partial charge on any atom is -0.381 e. The van der Waals surface area contributed by atoms with E-state index in [1.54, 1.807) is 25.3 Å². The van der Waals surface area contributed by atoms with E-state index in [1.807, 2.05) is 29.2 Å². The van der Waals surface area contributed by atoms with E-state index in [1.165, 1.54) is 0 Å². The van der Waals surface area contributed by atoms with Crippen LogP contribution < -0.4 is 10.6 Å². The van der Waals surface area contributed by atoms with E-state index in [4.69, 9.17) is 21.3 Å². The number of hydrogen-bond acceptors (Lipinski definition) is 6. The molecule has 0 bridgehead atoms. The number of rotatable bonds is 7. The fourth-order valence-electron chi connectivity index (χ4n) is 5.36. The lowest BCUT2D eigenvalue weighted by Crippen LogP contribution is -2.56. The summed E-state index contributed by atoms with van der Waals surface area (Å²) >= 11 is 8.02. The number of nitrogens with one attached hydrogen (secondary N) is 2. The van der Waals surface area contributed by atoms with Gasteiger partial charge < -0.3 is 20.3 Å². The molecule has 0 aliphatic carbocycles. The Bertz CT molecular complexity index is 1280. The van der Waals surface area contributed by atoms with Crippen LogP contribution in [0.1, 0.15) is 43.7 Å². The third kappa shape index (κ3) is 5.39. The Balaban J connectivity index is 1.41. The number of carbonyl (C=O) groups excluding carboxylic acids is 2. The molecule has 9 heteroatoms. The van der Waals surface area contributed by atoms with Gasteiger partial charge in [-0.15, -0.1) is 11.3 Å². The van der Waals surface area contributed by atoms with Crippen LogP contribution in [0, 0.1) is 5.92 Å². The molecule has 0 spiro atoms. The zero-order valence-corrected chi connectivity index (χ0v) is 22.8. The van der Waals surface area contributed by atoms with Crippen molar-refractivity contribution in [2.75, 3.05) is 26.8 Å². The lowest BCUT2D eigenvalue weighted by Gasteiger charge is -2.35. The Kier molecular flexibility index (Phi) is 8.09. The molecule has 3 atom stereocenters. The number of amides is 2. The standard InChI is InChI=1S/C28H33ClN4O3S/c1-17(30-2)26(34)32-25(18-11-14-36-15-12-18)28(35)33-13-5-10-24(33)27-31-23(16-37-27)21-8-3-7-20-19(21)6-4-9-22(20)29/h3-4,6-9,16-18,24-25,30H,5,10-15H2,1-2H3,(H,32,34)/t17-,24-,25-/m0/s1. The quantitative estimate of drug-likeness (QED) is 0.450. The summed E-state index contributed by atoms with van der Waals surface area (Å²) in [6, 6.07) is 11.0. The van der Waals surface area contributed by atoms with Crippen LogP contribution in [0.4, 0.5) is 0 Å². The molecule has 5 rings (SSSR count). The van der Waals surface area contributed by atoms with E-state index >= 15 is 0 Å². The van der Waals surface area contributed by atoms with E-state index in [0.29, 0.717) is 19.8 Å². The van der Waals surface area contributed by atoms with E-state index in [2.05, 4.69) is 28.1 Å². The molecule has 37 heavy (non-hydrogen) atoms. The molecular weight excluding hydrogens is 508 g/mol. The minimum atomic E-state index is -0.563. The zero-order valence-electron chi connectivity index (χ0n) is 21.2. The van der Waals surface area contributed by atoms with Crippen LogP contribution in [-0.4, -0.2) is 60.6 Å². The number of fused-ring (bicyclic) bond motifs is 1. The number of benzene rings is 2. The van der Waals surface area contributed by atoms with Crippen LogP contribution in [0.2, 0.25) is 5.02 Å². The second kappa shape index (κ2) is 11.5. The summed E-state index contributed by atoms with van der Waals surface area (Å²) in [5.41, 5.74) is 1.93. The molecule has 2 aromatic carbocycles. The maximum atomic E-state index is 14.0. The molecule has 0 saturated carbocycles. The zero-order chi connectivity index (χ0) is 25.9. The number of likely N-dealkylation sites (N-methyl/N-ethyl adjacent to an activating group) is 1. The summed E-state index contributed by atoms with van der Waals surface area (Å²) in [6.45, 7) is 3.69. The highest BCUT2D eigenvalue weighted by Crippen LogP contribution is 2.39. The van der Waals surface area contributed by atoms with Gasteiger partial charge in [-0.1, -0.05) is 41.9 Å². The van der Waals surface area contributed by atoms with Crippen LogP contribution in [-0.2, 0) is 14.3 Å². The second-order valence-corrected chi connectivity index (χ2v) is 11.1. The van der Waals surface area contributed by atoms with Gasteiger partial charge in [-0.3, -0.25) is 9.59 Å². The van der Waals surface area contributed by atoms with E-state index in [-0.39, 0.29) is 29.8 Å². The van der Waals surface area contributed by atoms with Crippen LogP contribution in [0.25, 0.3) is 22.0 Å². The third-order valence-electron chi connectivity index (χ3n) is 7.62. The number of thiazole rings is 1. The van der Waals surface area contributed by atoms with Crippen molar-refractivity contribution in [2.45, 2.75) is 50.7 Å². The molecule has 2 N–H and O–H groups in total. The summed E-state index contributed by atoms with van der Waals surface area (Å²) in [5, 5.41) is 11.8. The van der Waals surface area contributed by atoms with Crippen molar-refractivity contribution in [1.29, 1.82) is 0 Å². The predicted octanol–water partition coefficient (Wildman–Crippen LogP) is 4.80. The normalized spacial score (nSPS) is 20.2. The van der Waals surface area contributed by atoms with E-state index < -0.39 is 6.04 Å². The highest BCUT2D eigenvalue weighted by molar-refractivity contribution is 7.10. The number of hydrogen-bond donors (Lipinski definition) is 2. The summed E-state index contributed by atoms with van der Waals surface area (Å²) in [6.07, 6.45) is 3.29. The molecular formula is C28H33ClN4O3S. The molecule has 1 aromatic heterocycles. The second-order valence-electron chi connectivity index (χ2n) is 9.85. The summed E-state index contributed by atoms with van der Waals surface area (Å²) in [7, 11) is 1.75.